The first-order chi connectivity index (χ1) is 12.0. The third kappa shape index (κ3) is 3.80. The third-order valence-electron chi connectivity index (χ3n) is 4.01. The van der Waals surface area contributed by atoms with Crippen LogP contribution in [0.1, 0.15) is 25.8 Å². The number of thiazole rings is 1. The normalized spacial score (nSPS) is 11.0. The molecule has 0 saturated heterocycles. The van der Waals surface area contributed by atoms with Crippen molar-refractivity contribution < 1.29 is 15.0 Å². The quantitative estimate of drug-likeness (QED) is 0.365. The van der Waals surface area contributed by atoms with Gasteiger partial charge in [0.15, 0.2) is 5.52 Å². The van der Waals surface area contributed by atoms with Crippen LogP contribution in [-0.2, 0) is 0 Å². The Morgan fingerprint density at radius 1 is 1.16 bits per heavy atom. The number of rotatable bonds is 5. The lowest BCUT2D eigenvalue weighted by Gasteiger charge is -2.07. The van der Waals surface area contributed by atoms with Crippen LogP contribution >= 0.6 is 11.3 Å². The molecule has 1 heterocycles. The summed E-state index contributed by atoms with van der Waals surface area (Å²) in [5, 5.41) is 26.6. The third-order valence-corrected chi connectivity index (χ3v) is 5.22. The van der Waals surface area contributed by atoms with Gasteiger partial charge in [0.1, 0.15) is 5.75 Å². The molecule has 0 aliphatic carbocycles. The summed E-state index contributed by atoms with van der Waals surface area (Å²) < 4.78 is 2.11. The number of fused-ring (bicyclic) bond motifs is 3. The summed E-state index contributed by atoms with van der Waals surface area (Å²) in [5.41, 5.74) is 1.55. The first kappa shape index (κ1) is 19.3. The van der Waals surface area contributed by atoms with Crippen LogP contribution in [0.25, 0.3) is 21.0 Å². The van der Waals surface area contributed by atoms with Gasteiger partial charge in [-0.2, -0.15) is 0 Å². The molecular weight excluding hydrogens is 334 g/mol. The fraction of sp³-hybridized carbons (Fsp3) is 0.421. The Kier molecular flexibility index (Phi) is 6.45. The molecule has 136 valence electrons. The Bertz CT molecular complexity index is 859. The Labute approximate surface area is 153 Å². The summed E-state index contributed by atoms with van der Waals surface area (Å²) in [6.07, 6.45) is 0.992. The molecule has 0 aliphatic rings. The van der Waals surface area contributed by atoms with Crippen LogP contribution in [0.2, 0.25) is 0 Å². The predicted molar refractivity (Wildman–Crippen MR) is 106 cm³/mol. The fourth-order valence-electron chi connectivity index (χ4n) is 2.78. The maximum absolute atomic E-state index is 10.6. The average molecular weight is 363 g/mol. The molecule has 0 bridgehead atoms. The second kappa shape index (κ2) is 8.36. The van der Waals surface area contributed by atoms with Crippen molar-refractivity contribution >= 4 is 37.5 Å². The van der Waals surface area contributed by atoms with Crippen LogP contribution in [0.3, 0.4) is 0 Å². The largest absolute Gasteiger partial charge is 0.507 e. The van der Waals surface area contributed by atoms with E-state index in [0.717, 1.165) is 46.1 Å². The molecule has 0 atom stereocenters. The van der Waals surface area contributed by atoms with Gasteiger partial charge in [0.25, 0.3) is 0 Å². The van der Waals surface area contributed by atoms with Crippen LogP contribution < -0.4 is 10.0 Å². The summed E-state index contributed by atoms with van der Waals surface area (Å²) in [5.74, 6) is 0.286. The molecule has 0 radical (unpaired) electrons. The lowest BCUT2D eigenvalue weighted by molar-refractivity contribution is -0.870. The molecule has 0 aliphatic heterocycles. The average Bonchev–Trinajstić information content (AvgIpc) is 2.95. The summed E-state index contributed by atoms with van der Waals surface area (Å²) in [4.78, 5) is 2.13. The van der Waals surface area contributed by atoms with E-state index in [1.165, 1.54) is 16.1 Å². The first-order valence-electron chi connectivity index (χ1n) is 8.67. The van der Waals surface area contributed by atoms with Gasteiger partial charge in [0, 0.05) is 22.9 Å². The van der Waals surface area contributed by atoms with E-state index in [1.807, 2.05) is 59.1 Å². The Balaban J connectivity index is 0.00000109. The fourth-order valence-corrected chi connectivity index (χ4v) is 3.87. The van der Waals surface area contributed by atoms with Crippen LogP contribution in [0, 0.1) is 6.92 Å². The lowest BCUT2D eigenvalue weighted by Crippen LogP contribution is -2.32. The smallest absolute Gasteiger partial charge is 0.374 e. The van der Waals surface area contributed by atoms with Crippen molar-refractivity contribution in [1.82, 2.24) is 4.90 Å². The molecule has 3 aromatic rings. The van der Waals surface area contributed by atoms with Gasteiger partial charge < -0.3 is 15.2 Å². The number of benzene rings is 2. The van der Waals surface area contributed by atoms with Crippen molar-refractivity contribution in [2.75, 3.05) is 32.5 Å². The number of phenols is 1. The highest BCUT2D eigenvalue weighted by Crippen LogP contribution is 2.39. The summed E-state index contributed by atoms with van der Waals surface area (Å²) in [6, 6.07) is 7.60. The number of anilines is 1. The van der Waals surface area contributed by atoms with Gasteiger partial charge >= 0.3 is 5.13 Å². The van der Waals surface area contributed by atoms with Gasteiger partial charge in [-0.1, -0.05) is 32.0 Å². The molecule has 1 aromatic heterocycles. The van der Waals surface area contributed by atoms with E-state index < -0.39 is 0 Å². The van der Waals surface area contributed by atoms with Crippen molar-refractivity contribution in [3.63, 3.8) is 0 Å². The van der Waals surface area contributed by atoms with Gasteiger partial charge in [0.05, 0.1) is 11.2 Å². The molecule has 5 nitrogen and oxygen atoms in total. The molecule has 0 amide bonds. The minimum Gasteiger partial charge on any atom is -0.507 e. The van der Waals surface area contributed by atoms with E-state index in [9.17, 15) is 10.3 Å². The second-order valence-electron chi connectivity index (χ2n) is 6.00. The van der Waals surface area contributed by atoms with Gasteiger partial charge in [-0.3, -0.25) is 5.32 Å². The highest BCUT2D eigenvalue weighted by Gasteiger charge is 2.24. The standard InChI is InChI=1S/C17H21N3O2S.C2H6/c1-11-15(21)13-8-5-4-7-12(13)14-16(11)23-17(20(14)22)18-9-6-10-19(2)3;1-2/h4-5,7-8,21-22H,6,9-10H2,1-3H3;1-2H3/p+1. The van der Waals surface area contributed by atoms with Crippen molar-refractivity contribution in [3.05, 3.63) is 29.8 Å². The summed E-state index contributed by atoms with van der Waals surface area (Å²) >= 11 is 1.47. The van der Waals surface area contributed by atoms with E-state index in [4.69, 9.17) is 0 Å². The molecule has 3 N–H and O–H groups in total. The minimum absolute atomic E-state index is 0.286. The molecule has 0 spiro atoms. The Hall–Kier alpha value is -2.05. The molecule has 2 aromatic carbocycles. The molecule has 0 fully saturated rings. The number of hydrogen-bond acceptors (Lipinski definition) is 5. The first-order valence-corrected chi connectivity index (χ1v) is 9.49. The van der Waals surface area contributed by atoms with Crippen molar-refractivity contribution in [2.24, 2.45) is 0 Å². The molecule has 3 rings (SSSR count). The molecule has 25 heavy (non-hydrogen) atoms. The van der Waals surface area contributed by atoms with Crippen LogP contribution in [-0.4, -0.2) is 42.4 Å². The zero-order chi connectivity index (χ0) is 18.6. The number of aryl methyl sites for hydroxylation is 1. The van der Waals surface area contributed by atoms with Crippen LogP contribution in [0.4, 0.5) is 5.13 Å². The SMILES string of the molecule is CC.Cc1c(O)c2ccccc2c2c1sc(NCCCN(C)C)[n+]2O. The number of hydrogen-bond donors (Lipinski definition) is 3. The van der Waals surface area contributed by atoms with Crippen molar-refractivity contribution in [1.29, 1.82) is 0 Å². The number of phenolic OH excluding ortho intramolecular Hbond substituents is 1. The monoisotopic (exact) mass is 362 g/mol. The van der Waals surface area contributed by atoms with E-state index in [1.54, 1.807) is 0 Å². The van der Waals surface area contributed by atoms with Crippen LogP contribution in [0.5, 0.6) is 5.75 Å². The van der Waals surface area contributed by atoms with Crippen LogP contribution in [0.15, 0.2) is 24.3 Å². The molecular formula is C19H28N3O2S+. The second-order valence-corrected chi connectivity index (χ2v) is 7.00. The number of aromatic hydroxyl groups is 1. The molecule has 0 saturated carbocycles. The molecule has 0 unspecified atom stereocenters. The van der Waals surface area contributed by atoms with E-state index >= 15 is 0 Å². The Morgan fingerprint density at radius 3 is 2.44 bits per heavy atom. The van der Waals surface area contributed by atoms with Gasteiger partial charge in [0.2, 0.25) is 0 Å². The maximum atomic E-state index is 10.6. The Morgan fingerprint density at radius 2 is 1.80 bits per heavy atom. The highest BCUT2D eigenvalue weighted by atomic mass is 32.1. The van der Waals surface area contributed by atoms with Gasteiger partial charge in [-0.25, -0.2) is 0 Å². The number of aromatic nitrogens is 1. The number of nitrogens with zero attached hydrogens (tertiary/aromatic N) is 2. The zero-order valence-electron chi connectivity index (χ0n) is 15.6. The topological polar surface area (TPSA) is 59.6 Å². The van der Waals surface area contributed by atoms with Crippen molar-refractivity contribution in [3.8, 4) is 5.75 Å². The van der Waals surface area contributed by atoms with Gasteiger partial charge in [-0.05, 0) is 49.6 Å². The summed E-state index contributed by atoms with van der Waals surface area (Å²) in [7, 11) is 4.09. The summed E-state index contributed by atoms with van der Waals surface area (Å²) in [6.45, 7) is 7.66. The molecule has 6 heteroatoms. The van der Waals surface area contributed by atoms with Crippen molar-refractivity contribution in [2.45, 2.75) is 27.2 Å². The number of nitrogens with one attached hydrogen (secondary N) is 1. The lowest BCUT2D eigenvalue weighted by atomic mass is 10.0. The van der Waals surface area contributed by atoms with Gasteiger partial charge in [-0.15, -0.1) is 0 Å². The van der Waals surface area contributed by atoms with E-state index in [0.29, 0.717) is 5.13 Å². The zero-order valence-corrected chi connectivity index (χ0v) is 16.4. The highest BCUT2D eigenvalue weighted by molar-refractivity contribution is 7.22. The predicted octanol–water partition coefficient (Wildman–Crippen LogP) is 3.98. The van der Waals surface area contributed by atoms with E-state index in [-0.39, 0.29) is 5.75 Å². The maximum Gasteiger partial charge on any atom is 0.374 e. The minimum atomic E-state index is 0.286. The van der Waals surface area contributed by atoms with E-state index in [2.05, 4.69) is 10.2 Å².